The number of nitrogens with zero attached hydrogens (tertiary/aromatic N) is 2. The molecule has 3 N–H and O–H groups in total. The molecule has 2 aliphatic heterocycles. The number of halogens is 1. The maximum Gasteiger partial charge on any atom is 0.410 e. The van der Waals surface area contributed by atoms with Crippen LogP contribution in [0.3, 0.4) is 0 Å². The average Bonchev–Trinajstić information content (AvgIpc) is 3.98. The second kappa shape index (κ2) is 16.1. The van der Waals surface area contributed by atoms with Crippen LogP contribution < -0.4 is 15.4 Å². The van der Waals surface area contributed by atoms with Crippen LogP contribution in [0.25, 0.3) is 0 Å². The molecule has 55 heavy (non-hydrogen) atoms. The maximum absolute atomic E-state index is 14.4. The van der Waals surface area contributed by atoms with E-state index in [0.29, 0.717) is 24.0 Å². The molecule has 5 rings (SSSR count). The maximum atomic E-state index is 14.4. The van der Waals surface area contributed by atoms with E-state index in [1.165, 1.54) is 29.2 Å². The van der Waals surface area contributed by atoms with E-state index in [0.717, 1.165) is 4.90 Å². The van der Waals surface area contributed by atoms with Crippen molar-refractivity contribution < 1.29 is 51.0 Å². The minimum atomic E-state index is -3.97. The fourth-order valence-corrected chi connectivity index (χ4v) is 8.06. The Balaban J connectivity index is 1.39. The van der Waals surface area contributed by atoms with Crippen molar-refractivity contribution in [2.45, 2.75) is 121 Å². The number of benzene rings is 1. The summed E-state index contributed by atoms with van der Waals surface area (Å²) in [4.78, 5) is 83.5. The summed E-state index contributed by atoms with van der Waals surface area (Å²) in [5, 5.41) is 4.49. The number of nitrogens with one attached hydrogen (secondary N) is 3. The predicted octanol–water partition coefficient (Wildman–Crippen LogP) is 3.37. The first kappa shape index (κ1) is 41.4. The highest BCUT2D eigenvalue weighted by Gasteiger charge is 2.62. The highest BCUT2D eigenvalue weighted by Crippen LogP contribution is 2.45. The van der Waals surface area contributed by atoms with E-state index in [1.807, 2.05) is 13.8 Å². The van der Waals surface area contributed by atoms with Gasteiger partial charge < -0.3 is 25.0 Å². The lowest BCUT2D eigenvalue weighted by molar-refractivity contribution is -0.141. The topological polar surface area (TPSA) is 198 Å². The van der Waals surface area contributed by atoms with Crippen molar-refractivity contribution in [3.05, 3.63) is 60.0 Å². The molecule has 17 heteroatoms. The number of amides is 5. The van der Waals surface area contributed by atoms with E-state index in [9.17, 15) is 41.6 Å². The number of hydrogen-bond acceptors (Lipinski definition) is 10. The van der Waals surface area contributed by atoms with Crippen LogP contribution in [0.4, 0.5) is 14.0 Å². The molecule has 1 aromatic carbocycles. The predicted molar refractivity (Wildman–Crippen MR) is 197 cm³/mol. The molecule has 3 fully saturated rings. The van der Waals surface area contributed by atoms with Gasteiger partial charge in [-0.15, -0.1) is 6.58 Å². The van der Waals surface area contributed by atoms with Crippen molar-refractivity contribution in [3.8, 4) is 0 Å². The molecule has 0 spiro atoms. The Morgan fingerprint density at radius 3 is 2.42 bits per heavy atom. The van der Waals surface area contributed by atoms with Gasteiger partial charge in [0.25, 0.3) is 5.91 Å². The minimum Gasteiger partial charge on any atom is -0.444 e. The van der Waals surface area contributed by atoms with E-state index in [4.69, 9.17) is 9.47 Å². The van der Waals surface area contributed by atoms with Crippen LogP contribution in [-0.2, 0) is 51.8 Å². The molecule has 1 aromatic rings. The molecular weight excluding hydrogens is 738 g/mol. The largest absolute Gasteiger partial charge is 0.444 e. The van der Waals surface area contributed by atoms with Crippen LogP contribution in [0.1, 0.15) is 84.3 Å². The van der Waals surface area contributed by atoms with E-state index in [1.54, 1.807) is 32.9 Å². The van der Waals surface area contributed by atoms with Gasteiger partial charge in [0.1, 0.15) is 35.1 Å². The van der Waals surface area contributed by atoms with Crippen molar-refractivity contribution in [2.24, 2.45) is 11.8 Å². The third kappa shape index (κ3) is 10.1. The molecule has 300 valence electrons. The Hall–Kier alpha value is -4.80. The number of alkyl carbamates (subject to hydrolysis) is 1. The summed E-state index contributed by atoms with van der Waals surface area (Å²) in [6, 6.07) is 1.79. The van der Waals surface area contributed by atoms with Crippen LogP contribution in [0.2, 0.25) is 0 Å². The molecule has 4 aliphatic rings. The first-order valence-electron chi connectivity index (χ1n) is 18.5. The Labute approximate surface area is 320 Å². The molecule has 0 radical (unpaired) electrons. The van der Waals surface area contributed by atoms with Crippen molar-refractivity contribution in [1.29, 1.82) is 0 Å². The van der Waals surface area contributed by atoms with Crippen molar-refractivity contribution in [2.75, 3.05) is 6.54 Å². The van der Waals surface area contributed by atoms with Crippen LogP contribution in [0.15, 0.2) is 43.0 Å². The molecule has 5 atom stereocenters. The monoisotopic (exact) mass is 787 g/mol. The smallest absolute Gasteiger partial charge is 0.410 e. The molecule has 2 aliphatic carbocycles. The summed E-state index contributed by atoms with van der Waals surface area (Å²) in [6.07, 6.45) is 2.01. The molecule has 2 heterocycles. The zero-order valence-electron chi connectivity index (χ0n) is 31.8. The summed E-state index contributed by atoms with van der Waals surface area (Å²) in [7, 11) is -3.97. The molecule has 15 nitrogen and oxygen atoms in total. The number of hydrogen-bond donors (Lipinski definition) is 3. The van der Waals surface area contributed by atoms with Crippen LogP contribution in [0, 0.1) is 17.7 Å². The van der Waals surface area contributed by atoms with Gasteiger partial charge in [-0.05, 0) is 70.1 Å². The zero-order chi connectivity index (χ0) is 40.5. The summed E-state index contributed by atoms with van der Waals surface area (Å²) >= 11 is 0. The van der Waals surface area contributed by atoms with Crippen LogP contribution in [-0.4, -0.2) is 95.0 Å². The summed E-state index contributed by atoms with van der Waals surface area (Å²) in [5.74, 6) is -3.86. The van der Waals surface area contributed by atoms with Gasteiger partial charge in [-0.1, -0.05) is 38.1 Å². The molecule has 1 saturated heterocycles. The second-order valence-electron chi connectivity index (χ2n) is 16.0. The lowest BCUT2D eigenvalue weighted by Crippen LogP contribution is -2.58. The van der Waals surface area contributed by atoms with E-state index < -0.39 is 86.2 Å². The van der Waals surface area contributed by atoms with Gasteiger partial charge in [0.15, 0.2) is 5.78 Å². The number of carbonyl (C=O) groups excluding carboxylic acids is 6. The van der Waals surface area contributed by atoms with Gasteiger partial charge in [-0.2, -0.15) is 0 Å². The second-order valence-corrected chi connectivity index (χ2v) is 17.9. The van der Waals surface area contributed by atoms with Gasteiger partial charge >= 0.3 is 12.2 Å². The number of rotatable bonds is 14. The normalized spacial score (nSPS) is 23.9. The SMILES string of the molecule is C=C[C@@H]1C[C@]1(NC(=O)[C@@H]1CC(OC(=O)N2Cc3cccc(F)c3C2)CN1C(=O)[C@H](CCC(=O)C=CC(C)C)NC(=O)OC(C)(C)C)C(=O)NS(=O)(=O)C1CC1. The Kier molecular flexibility index (Phi) is 12.1. The number of fused-ring (bicyclic) bond motifs is 1. The Morgan fingerprint density at radius 1 is 1.11 bits per heavy atom. The van der Waals surface area contributed by atoms with E-state index >= 15 is 0 Å². The number of carbonyl (C=O) groups is 6. The zero-order valence-corrected chi connectivity index (χ0v) is 32.6. The number of likely N-dealkylation sites (tertiary alicyclic amines) is 1. The lowest BCUT2D eigenvalue weighted by atomic mass is 10.0. The molecular formula is C38H50FN5O10S. The molecule has 2 saturated carbocycles. The van der Waals surface area contributed by atoms with E-state index in [2.05, 4.69) is 21.9 Å². The van der Waals surface area contributed by atoms with Gasteiger partial charge in [0.05, 0.1) is 18.3 Å². The number of sulfonamides is 1. The lowest BCUT2D eigenvalue weighted by Gasteiger charge is -2.30. The van der Waals surface area contributed by atoms with Gasteiger partial charge in [-0.3, -0.25) is 28.8 Å². The quantitative estimate of drug-likeness (QED) is 0.186. The third-order valence-electron chi connectivity index (χ3n) is 9.88. The van der Waals surface area contributed by atoms with Crippen LogP contribution in [0.5, 0.6) is 0 Å². The van der Waals surface area contributed by atoms with Crippen molar-refractivity contribution in [3.63, 3.8) is 0 Å². The highest BCUT2D eigenvalue weighted by molar-refractivity contribution is 7.91. The summed E-state index contributed by atoms with van der Waals surface area (Å²) in [5.41, 5.74) is -1.64. The first-order chi connectivity index (χ1) is 25.7. The molecule has 5 amide bonds. The molecule has 1 unspecified atom stereocenters. The fraction of sp³-hybridized carbons (Fsp3) is 0.579. The number of ketones is 1. The third-order valence-corrected chi connectivity index (χ3v) is 11.7. The molecule has 0 aromatic heterocycles. The van der Waals surface area contributed by atoms with Gasteiger partial charge in [-0.25, -0.2) is 22.4 Å². The Bertz CT molecular complexity index is 1870. The summed E-state index contributed by atoms with van der Waals surface area (Å²) < 4.78 is 53.0. The van der Waals surface area contributed by atoms with E-state index in [-0.39, 0.29) is 57.0 Å². The fourth-order valence-electron chi connectivity index (χ4n) is 6.70. The summed E-state index contributed by atoms with van der Waals surface area (Å²) in [6.45, 7) is 12.1. The number of allylic oxidation sites excluding steroid dienone is 2. The Morgan fingerprint density at radius 2 is 1.82 bits per heavy atom. The van der Waals surface area contributed by atoms with Crippen molar-refractivity contribution in [1.82, 2.24) is 25.2 Å². The van der Waals surface area contributed by atoms with Crippen LogP contribution >= 0.6 is 0 Å². The van der Waals surface area contributed by atoms with Gasteiger partial charge in [0.2, 0.25) is 21.8 Å². The molecule has 0 bridgehead atoms. The van der Waals surface area contributed by atoms with Crippen molar-refractivity contribution >= 4 is 45.7 Å². The minimum absolute atomic E-state index is 0.0499. The number of ether oxygens (including phenoxy) is 2. The highest BCUT2D eigenvalue weighted by atomic mass is 32.2. The average molecular weight is 788 g/mol. The standard InChI is InChI=1S/C38H50FN5O10S/c1-7-24-18-38(24,34(48)42-55(51,52)27-14-15-27)41-32(46)31-17-26(53-36(50)43-19-23-9-8-10-29(39)28(23)21-43)20-44(31)33(47)30(40-35(49)54-37(4,5)6)16-13-25(45)12-11-22(2)3/h7-12,22,24,26-27,30-31H,1,13-21H2,2-6H3,(H,40,49)(H,41,46)(H,42,48)/t24-,26?,30+,31+,38-/m1/s1. The van der Waals surface area contributed by atoms with Gasteiger partial charge in [0, 0.05) is 30.9 Å². The first-order valence-corrected chi connectivity index (χ1v) is 20.0.